The molecule has 1 amide bonds. The number of hydrogen-bond donors (Lipinski definition) is 2. The molecular formula is C13H25N3O3S. The van der Waals surface area contributed by atoms with Crippen molar-refractivity contribution in [1.82, 2.24) is 14.9 Å². The Morgan fingerprint density at radius 3 is 2.45 bits per heavy atom. The number of nitrogens with zero attached hydrogens (tertiary/aromatic N) is 1. The van der Waals surface area contributed by atoms with E-state index in [2.05, 4.69) is 17.0 Å². The molecule has 116 valence electrons. The molecule has 2 aliphatic heterocycles. The van der Waals surface area contributed by atoms with Gasteiger partial charge in [0.15, 0.2) is 0 Å². The quantitative estimate of drug-likeness (QED) is 0.752. The molecule has 2 atom stereocenters. The predicted molar refractivity (Wildman–Crippen MR) is 77.7 cm³/mol. The fourth-order valence-electron chi connectivity index (χ4n) is 2.93. The van der Waals surface area contributed by atoms with Crippen molar-refractivity contribution in [1.29, 1.82) is 0 Å². The molecule has 6 nitrogen and oxygen atoms in total. The first-order valence-electron chi connectivity index (χ1n) is 7.42. The standard InChI is InChI=1S/C13H25N3O3S/c1-3-20(18,19)15-11-4-6-16(7-5-11)13(17)12-9-14-8-10(12)2/h10-12,14-15H,3-9H2,1-2H3/t10-,12-/m1/s1. The zero-order valence-corrected chi connectivity index (χ0v) is 13.1. The molecule has 2 fully saturated rings. The summed E-state index contributed by atoms with van der Waals surface area (Å²) in [5, 5.41) is 3.25. The largest absolute Gasteiger partial charge is 0.342 e. The van der Waals surface area contributed by atoms with E-state index in [0.717, 1.165) is 13.1 Å². The summed E-state index contributed by atoms with van der Waals surface area (Å²) in [6.45, 7) is 6.71. The van der Waals surface area contributed by atoms with Crippen molar-refractivity contribution in [2.24, 2.45) is 11.8 Å². The highest BCUT2D eigenvalue weighted by atomic mass is 32.2. The average Bonchev–Trinajstić information content (AvgIpc) is 2.85. The molecule has 2 saturated heterocycles. The number of carbonyl (C=O) groups excluding carboxylic acids is 1. The van der Waals surface area contributed by atoms with Crippen LogP contribution in [0.2, 0.25) is 0 Å². The van der Waals surface area contributed by atoms with Crippen LogP contribution in [0, 0.1) is 11.8 Å². The molecule has 2 heterocycles. The molecule has 0 aliphatic carbocycles. The summed E-state index contributed by atoms with van der Waals surface area (Å²) in [6, 6.07) is -0.0249. The van der Waals surface area contributed by atoms with Crippen molar-refractivity contribution >= 4 is 15.9 Å². The summed E-state index contributed by atoms with van der Waals surface area (Å²) in [7, 11) is -3.14. The summed E-state index contributed by atoms with van der Waals surface area (Å²) < 4.78 is 25.8. The van der Waals surface area contributed by atoms with Gasteiger partial charge in [0.25, 0.3) is 0 Å². The second-order valence-electron chi connectivity index (χ2n) is 5.86. The lowest BCUT2D eigenvalue weighted by Gasteiger charge is -2.34. The predicted octanol–water partition coefficient (Wildman–Crippen LogP) is -0.228. The lowest BCUT2D eigenvalue weighted by atomic mass is 9.95. The van der Waals surface area contributed by atoms with Crippen molar-refractivity contribution in [3.05, 3.63) is 0 Å². The Hall–Kier alpha value is -0.660. The van der Waals surface area contributed by atoms with Crippen LogP contribution in [-0.4, -0.2) is 57.2 Å². The molecule has 0 bridgehead atoms. The second-order valence-corrected chi connectivity index (χ2v) is 7.91. The lowest BCUT2D eigenvalue weighted by Crippen LogP contribution is -2.49. The van der Waals surface area contributed by atoms with Crippen molar-refractivity contribution in [2.45, 2.75) is 32.7 Å². The molecule has 0 unspecified atom stereocenters. The highest BCUT2D eigenvalue weighted by Gasteiger charge is 2.34. The second kappa shape index (κ2) is 6.41. The molecule has 7 heteroatoms. The molecule has 2 N–H and O–H groups in total. The number of piperidine rings is 1. The van der Waals surface area contributed by atoms with Gasteiger partial charge in [-0.15, -0.1) is 0 Å². The van der Waals surface area contributed by atoms with Gasteiger partial charge in [-0.1, -0.05) is 6.92 Å². The van der Waals surface area contributed by atoms with Crippen LogP contribution in [0.5, 0.6) is 0 Å². The van der Waals surface area contributed by atoms with Crippen LogP contribution < -0.4 is 10.0 Å². The number of amides is 1. The van der Waals surface area contributed by atoms with Gasteiger partial charge >= 0.3 is 0 Å². The van der Waals surface area contributed by atoms with E-state index < -0.39 is 10.0 Å². The van der Waals surface area contributed by atoms with E-state index in [1.165, 1.54) is 0 Å². The molecule has 0 aromatic carbocycles. The summed E-state index contributed by atoms with van der Waals surface area (Å²) in [5.74, 6) is 0.800. The first-order valence-corrected chi connectivity index (χ1v) is 9.07. The van der Waals surface area contributed by atoms with Gasteiger partial charge in [-0.25, -0.2) is 13.1 Å². The highest BCUT2D eigenvalue weighted by Crippen LogP contribution is 2.21. The normalized spacial score (nSPS) is 28.8. The number of rotatable bonds is 4. The Morgan fingerprint density at radius 2 is 1.95 bits per heavy atom. The van der Waals surface area contributed by atoms with Gasteiger partial charge in [0, 0.05) is 25.7 Å². The van der Waals surface area contributed by atoms with E-state index in [9.17, 15) is 13.2 Å². The van der Waals surface area contributed by atoms with Gasteiger partial charge in [0.05, 0.1) is 11.7 Å². The lowest BCUT2D eigenvalue weighted by molar-refractivity contribution is -0.137. The van der Waals surface area contributed by atoms with Gasteiger partial charge in [0.2, 0.25) is 15.9 Å². The zero-order valence-electron chi connectivity index (χ0n) is 12.3. The summed E-state index contributed by atoms with van der Waals surface area (Å²) >= 11 is 0. The molecule has 0 aromatic heterocycles. The van der Waals surface area contributed by atoms with E-state index in [4.69, 9.17) is 0 Å². The van der Waals surface area contributed by atoms with Gasteiger partial charge in [-0.3, -0.25) is 4.79 Å². The van der Waals surface area contributed by atoms with Crippen LogP contribution in [0.1, 0.15) is 26.7 Å². The maximum Gasteiger partial charge on any atom is 0.227 e. The van der Waals surface area contributed by atoms with Gasteiger partial charge in [-0.05, 0) is 32.2 Å². The molecule has 20 heavy (non-hydrogen) atoms. The maximum absolute atomic E-state index is 12.4. The minimum atomic E-state index is -3.14. The summed E-state index contributed by atoms with van der Waals surface area (Å²) in [4.78, 5) is 14.3. The Labute approximate surface area is 121 Å². The van der Waals surface area contributed by atoms with Crippen molar-refractivity contribution in [2.75, 3.05) is 31.9 Å². The SMILES string of the molecule is CCS(=O)(=O)NC1CCN(C(=O)[C@@H]2CNC[C@H]2C)CC1. The fourth-order valence-corrected chi connectivity index (χ4v) is 3.84. The van der Waals surface area contributed by atoms with Gasteiger partial charge < -0.3 is 10.2 Å². The number of sulfonamides is 1. The minimum absolute atomic E-state index is 0.0249. The highest BCUT2D eigenvalue weighted by molar-refractivity contribution is 7.89. The third kappa shape index (κ3) is 3.71. The number of likely N-dealkylation sites (tertiary alicyclic amines) is 1. The summed E-state index contributed by atoms with van der Waals surface area (Å²) in [5.41, 5.74) is 0. The van der Waals surface area contributed by atoms with Crippen LogP contribution in [0.3, 0.4) is 0 Å². The average molecular weight is 303 g/mol. The molecule has 0 saturated carbocycles. The molecule has 0 aromatic rings. The Kier molecular flexibility index (Phi) is 5.04. The first kappa shape index (κ1) is 15.7. The molecule has 2 aliphatic rings. The first-order chi connectivity index (χ1) is 9.43. The van der Waals surface area contributed by atoms with Crippen LogP contribution >= 0.6 is 0 Å². The van der Waals surface area contributed by atoms with E-state index in [1.807, 2.05) is 4.90 Å². The van der Waals surface area contributed by atoms with E-state index >= 15 is 0 Å². The summed E-state index contributed by atoms with van der Waals surface area (Å²) in [6.07, 6.45) is 1.42. The van der Waals surface area contributed by atoms with Crippen molar-refractivity contribution in [3.63, 3.8) is 0 Å². The van der Waals surface area contributed by atoms with Crippen molar-refractivity contribution < 1.29 is 13.2 Å². The smallest absolute Gasteiger partial charge is 0.227 e. The van der Waals surface area contributed by atoms with Crippen molar-refractivity contribution in [3.8, 4) is 0 Å². The number of nitrogens with one attached hydrogen (secondary N) is 2. The number of carbonyl (C=O) groups is 1. The molecule has 0 spiro atoms. The molecule has 0 radical (unpaired) electrons. The third-order valence-corrected chi connectivity index (χ3v) is 5.82. The zero-order chi connectivity index (χ0) is 14.8. The number of hydrogen-bond acceptors (Lipinski definition) is 4. The van der Waals surface area contributed by atoms with Crippen LogP contribution in [0.25, 0.3) is 0 Å². The van der Waals surface area contributed by atoms with E-state index in [-0.39, 0.29) is 23.6 Å². The van der Waals surface area contributed by atoms with E-state index in [1.54, 1.807) is 6.92 Å². The molecule has 2 rings (SSSR count). The monoisotopic (exact) mass is 303 g/mol. The van der Waals surface area contributed by atoms with Gasteiger partial charge in [0.1, 0.15) is 0 Å². The Morgan fingerprint density at radius 1 is 1.30 bits per heavy atom. The Bertz CT molecular complexity index is 444. The molecular weight excluding hydrogens is 278 g/mol. The minimum Gasteiger partial charge on any atom is -0.342 e. The maximum atomic E-state index is 12.4. The third-order valence-electron chi connectivity index (χ3n) is 4.37. The van der Waals surface area contributed by atoms with E-state index in [0.29, 0.717) is 31.8 Å². The van der Waals surface area contributed by atoms with Crippen LogP contribution in [0.4, 0.5) is 0 Å². The Balaban J connectivity index is 1.83. The fraction of sp³-hybridized carbons (Fsp3) is 0.923. The van der Waals surface area contributed by atoms with Crippen LogP contribution in [-0.2, 0) is 14.8 Å². The van der Waals surface area contributed by atoms with Crippen LogP contribution in [0.15, 0.2) is 0 Å². The topological polar surface area (TPSA) is 78.5 Å². The van der Waals surface area contributed by atoms with Gasteiger partial charge in [-0.2, -0.15) is 0 Å².